The van der Waals surface area contributed by atoms with E-state index in [2.05, 4.69) is 38.4 Å². The molecule has 12 aromatic carbocycles. The summed E-state index contributed by atoms with van der Waals surface area (Å²) in [7, 11) is 10.9. The van der Waals surface area contributed by atoms with Crippen molar-refractivity contribution in [3.05, 3.63) is 343 Å². The van der Waals surface area contributed by atoms with E-state index >= 15 is 0 Å². The maximum atomic E-state index is 12.9. The number of para-hydroxylation sites is 6. The van der Waals surface area contributed by atoms with Gasteiger partial charge in [-0.25, -0.2) is 14.4 Å². The van der Waals surface area contributed by atoms with Gasteiger partial charge in [-0.05, 0) is 192 Å². The average molecular weight is 1830 g/mol. The van der Waals surface area contributed by atoms with E-state index < -0.39 is 27.8 Å². The van der Waals surface area contributed by atoms with Gasteiger partial charge in [0.1, 0.15) is 5.69 Å². The Labute approximate surface area is 741 Å². The van der Waals surface area contributed by atoms with Gasteiger partial charge in [-0.15, -0.1) is 0 Å². The monoisotopic (exact) mass is 1830 g/mol. The summed E-state index contributed by atoms with van der Waals surface area (Å²) in [5.74, 6) is -3.12. The first-order valence-corrected chi connectivity index (χ1v) is 40.0. The molecular weight excluding hydrogens is 1750 g/mol. The van der Waals surface area contributed by atoms with Gasteiger partial charge in [0.05, 0.1) is 122 Å². The Morgan fingerprint density at radius 1 is 0.443 bits per heavy atom. The van der Waals surface area contributed by atoms with E-state index in [1.54, 1.807) is 134 Å². The molecule has 26 nitrogen and oxygen atoms in total. The maximum Gasteiger partial charge on any atom is 0.337 e. The Morgan fingerprint density at radius 2 is 0.811 bits per heavy atom. The number of aromatic carboxylic acids is 3. The molecule has 3 aliphatic rings. The Kier molecular flexibility index (Phi) is 32.6. The van der Waals surface area contributed by atoms with Gasteiger partial charge in [-0.1, -0.05) is 149 Å². The smallest absolute Gasteiger partial charge is 0.337 e. The summed E-state index contributed by atoms with van der Waals surface area (Å²) in [5, 5.41) is 57.1. The molecule has 0 spiro atoms. The van der Waals surface area contributed by atoms with E-state index in [4.69, 9.17) is 86.2 Å². The van der Waals surface area contributed by atoms with E-state index in [1.165, 1.54) is 35.2 Å². The summed E-state index contributed by atoms with van der Waals surface area (Å²) in [6.45, 7) is 3.59. The van der Waals surface area contributed by atoms with Crippen LogP contribution in [0.4, 0.5) is 96.7 Å². The first kappa shape index (κ1) is 92.9. The van der Waals surface area contributed by atoms with E-state index in [1.807, 2.05) is 157 Å². The first-order chi connectivity index (χ1) is 58.2. The number of rotatable bonds is 14. The highest BCUT2D eigenvalue weighted by atomic mass is 79.9. The third-order valence-electron chi connectivity index (χ3n) is 18.9. The quantitative estimate of drug-likeness (QED) is 0.0302. The van der Waals surface area contributed by atoms with Crippen molar-refractivity contribution in [2.24, 2.45) is 5.73 Å². The molecular formula is C89H80BrCl6N13O13. The minimum absolute atomic E-state index is 0.0162. The third kappa shape index (κ3) is 22.5. The van der Waals surface area contributed by atoms with E-state index in [-0.39, 0.29) is 50.9 Å². The normalized spacial score (nSPS) is 11.8. The topological polar surface area (TPSA) is 348 Å². The number of carbonyl (C=O) groups excluding carboxylic acids is 3. The number of halogens is 7. The van der Waals surface area contributed by atoms with Gasteiger partial charge in [0.15, 0.2) is 0 Å². The zero-order valence-corrected chi connectivity index (χ0v) is 72.4. The molecule has 15 rings (SSSR count). The van der Waals surface area contributed by atoms with Crippen molar-refractivity contribution in [3.63, 3.8) is 0 Å². The minimum atomic E-state index is -1.10. The summed E-state index contributed by atoms with van der Waals surface area (Å²) in [5.41, 5.74) is 25.0. The Balaban J connectivity index is 0.000000164. The molecule has 122 heavy (non-hydrogen) atoms. The molecule has 33 heteroatoms. The van der Waals surface area contributed by atoms with Crippen LogP contribution >= 0.6 is 85.5 Å². The van der Waals surface area contributed by atoms with Crippen molar-refractivity contribution in [1.82, 2.24) is 0 Å². The second-order valence-electron chi connectivity index (χ2n) is 26.6. The summed E-state index contributed by atoms with van der Waals surface area (Å²) in [6.07, 6.45) is 0.892. The highest BCUT2D eigenvalue weighted by Crippen LogP contribution is 2.45. The van der Waals surface area contributed by atoms with Crippen molar-refractivity contribution in [2.75, 3.05) is 113 Å². The van der Waals surface area contributed by atoms with Gasteiger partial charge < -0.3 is 71.7 Å². The average Bonchev–Trinajstić information content (AvgIpc) is 1.60. The fraction of sp³-hybridized carbons (Fsp3) is 0.124. The molecule has 0 saturated heterocycles. The molecule has 0 saturated carbocycles. The zero-order valence-electron chi connectivity index (χ0n) is 66.3. The lowest BCUT2D eigenvalue weighted by molar-refractivity contribution is -0.385. The number of nitrogens with two attached hydrogens (primary N) is 2. The number of nitrogens with zero attached hydrogens (tertiary/aromatic N) is 9. The number of carbonyl (C=O) groups is 6. The zero-order chi connectivity index (χ0) is 88.9. The predicted molar refractivity (Wildman–Crippen MR) is 494 cm³/mol. The molecule has 0 radical (unpaired) electrons. The molecule has 0 bridgehead atoms. The van der Waals surface area contributed by atoms with Gasteiger partial charge in [-0.2, -0.15) is 0 Å². The van der Waals surface area contributed by atoms with Crippen molar-refractivity contribution >= 4 is 218 Å². The number of hydrogen-bond acceptors (Lipinski definition) is 18. The lowest BCUT2D eigenvalue weighted by Gasteiger charge is -2.24. The Morgan fingerprint density at radius 3 is 1.26 bits per heavy atom. The van der Waals surface area contributed by atoms with Gasteiger partial charge in [-0.3, -0.25) is 34.6 Å². The molecule has 9 N–H and O–H groups in total. The molecule has 628 valence electrons. The number of nitrogen functional groups attached to an aromatic ring is 1. The molecule has 0 unspecified atom stereocenters. The highest BCUT2D eigenvalue weighted by Gasteiger charge is 2.32. The lowest BCUT2D eigenvalue weighted by atomic mass is 10.1. The molecule has 0 atom stereocenters. The van der Waals surface area contributed by atoms with Crippen molar-refractivity contribution in [1.29, 1.82) is 0 Å². The minimum Gasteiger partial charge on any atom is -0.478 e. The number of nitro groups is 2. The van der Waals surface area contributed by atoms with Crippen LogP contribution < -0.4 is 56.4 Å². The molecule has 0 aliphatic carbocycles. The lowest BCUT2D eigenvalue weighted by Crippen LogP contribution is -2.34. The Hall–Kier alpha value is -13.0. The second-order valence-corrected chi connectivity index (χ2v) is 30.1. The number of anilines is 15. The third-order valence-corrected chi connectivity index (χ3v) is 21.0. The van der Waals surface area contributed by atoms with E-state index in [0.29, 0.717) is 94.3 Å². The summed E-state index contributed by atoms with van der Waals surface area (Å²) in [6, 6.07) is 73.1. The van der Waals surface area contributed by atoms with Crippen LogP contribution in [-0.4, -0.2) is 123 Å². The SMILES string of the molecule is CCCN1C(=O)c2ccccc2N(C)c2ccc(Cl)cc21.CN(c1ccc(Cl)cc1N)c1ccccc1C(=O)O.CN(c1ccccc1C(=O)O)c1ccc(Cl)cc1[N+](=O)[O-].CN1c2ccc(Cl)cc2NC(=O)c2ccccc21.CN1c2ccccc2C(=O)N(CCN)c2cc(Cl)ccc21.CNc1ccccc1C(=O)O.O=[N+]([O-])c1cc(Cl)ccc1Br. The van der Waals surface area contributed by atoms with Crippen LogP contribution in [0, 0.1) is 20.2 Å². The fourth-order valence-electron chi connectivity index (χ4n) is 13.1. The number of nitrogens with one attached hydrogen (secondary N) is 2. The van der Waals surface area contributed by atoms with Crippen LogP contribution in [0.2, 0.25) is 30.1 Å². The van der Waals surface area contributed by atoms with E-state index in [0.717, 1.165) is 63.2 Å². The largest absolute Gasteiger partial charge is 0.478 e. The molecule has 3 amide bonds. The number of hydrogen-bond donors (Lipinski definition) is 7. The number of fused-ring (bicyclic) bond motifs is 6. The molecule has 3 heterocycles. The van der Waals surface area contributed by atoms with Crippen LogP contribution in [0.3, 0.4) is 0 Å². The second kappa shape index (κ2) is 42.8. The maximum absolute atomic E-state index is 12.9. The van der Waals surface area contributed by atoms with Gasteiger partial charge in [0.25, 0.3) is 29.1 Å². The van der Waals surface area contributed by atoms with Gasteiger partial charge >= 0.3 is 17.9 Å². The van der Waals surface area contributed by atoms with Gasteiger partial charge in [0.2, 0.25) is 0 Å². The highest BCUT2D eigenvalue weighted by molar-refractivity contribution is 9.10. The summed E-state index contributed by atoms with van der Waals surface area (Å²) < 4.78 is 0.437. The number of carboxylic acid groups (broad SMARTS) is 3. The van der Waals surface area contributed by atoms with Crippen molar-refractivity contribution in [3.8, 4) is 0 Å². The number of nitro benzene ring substituents is 2. The number of carboxylic acids is 3. The van der Waals surface area contributed by atoms with Crippen molar-refractivity contribution in [2.45, 2.75) is 13.3 Å². The molecule has 12 aromatic rings. The fourth-order valence-corrected chi connectivity index (χ4v) is 14.5. The van der Waals surface area contributed by atoms with Crippen molar-refractivity contribution < 1.29 is 53.9 Å². The molecule has 0 aromatic heterocycles. The van der Waals surface area contributed by atoms with Crippen LogP contribution in [0.25, 0.3) is 0 Å². The molecule has 0 fully saturated rings. The summed E-state index contributed by atoms with van der Waals surface area (Å²) in [4.78, 5) is 104. The van der Waals surface area contributed by atoms with E-state index in [9.17, 15) is 59.2 Å². The number of benzene rings is 12. The Bertz CT molecular complexity index is 5800. The van der Waals surface area contributed by atoms with Crippen LogP contribution in [-0.2, 0) is 0 Å². The molecule has 3 aliphatic heterocycles. The standard InChI is InChI=1S/C17H17ClN2O.C16H16ClN3O.C14H11ClN2O4.C14H13ClN2O2.C14H11ClN2O.C8H9NO2.C6H3BrClNO2/c1-3-10-20-16-11-12(18)8-9-15(16)19(2)14-7-5-4-6-13(14)17(20)21;1-19-13-5-3-2-4-12(13)16(21)20(9-8-18)15-10-11(17)6-7-14(15)19;1-16(11-5-3-2-4-10(11)14(18)19)12-7-6-9(15)8-13(12)17(20)21;1-17(13-7-6-9(15)8-11(13)16)12-5-3-2-4-10(12)14(18)19;1-17-12-5-3-2-4-10(12)14(18)16-11-8-9(15)6-7-13(11)17;1-9-7-5-3-2-4-6(7)8(10)11;7-5-2-1-4(8)3-6(5)9(10)11/h4-9,11H,3,10H2,1-2H3;2-7,10H,8-9,18H2,1H3;2-8H,1H3,(H,18,19);2-8H,16H2,1H3,(H,18,19);2-8H,1H3,(H,16,18);2-5,9H,1H3,(H,10,11);1-3H. The predicted octanol–water partition coefficient (Wildman–Crippen LogP) is 22.7. The first-order valence-electron chi connectivity index (χ1n) is 36.9. The van der Waals surface area contributed by atoms with Crippen LogP contribution in [0.5, 0.6) is 0 Å². The summed E-state index contributed by atoms with van der Waals surface area (Å²) >= 11 is 38.4. The van der Waals surface area contributed by atoms with Crippen LogP contribution in [0.1, 0.15) is 75.5 Å². The van der Waals surface area contributed by atoms with Crippen LogP contribution in [0.15, 0.2) is 259 Å². The number of amides is 3. The van der Waals surface area contributed by atoms with Gasteiger partial charge in [0, 0.05) is 110 Å².